The standard InChI is InChI=1S/C19H16BrNO3S/c1-23-14-6-4-13(5-7-14)16-11-25-18(21-16)8-3-12-9-15(20)19(22)17(10-12)24-2/h3-11,22H,1-2H3. The smallest absolute Gasteiger partial charge is 0.172 e. The summed E-state index contributed by atoms with van der Waals surface area (Å²) in [5, 5.41) is 12.8. The van der Waals surface area contributed by atoms with E-state index in [4.69, 9.17) is 9.47 Å². The topological polar surface area (TPSA) is 51.6 Å². The van der Waals surface area contributed by atoms with Crippen LogP contribution >= 0.6 is 27.3 Å². The number of halogens is 1. The fourth-order valence-electron chi connectivity index (χ4n) is 2.27. The highest BCUT2D eigenvalue weighted by molar-refractivity contribution is 9.10. The number of methoxy groups -OCH3 is 2. The Hall–Kier alpha value is -2.31. The van der Waals surface area contributed by atoms with Crippen LogP contribution in [0.25, 0.3) is 23.4 Å². The van der Waals surface area contributed by atoms with E-state index in [0.29, 0.717) is 10.2 Å². The van der Waals surface area contributed by atoms with Crippen molar-refractivity contribution in [3.05, 3.63) is 56.8 Å². The Kier molecular flexibility index (Phi) is 5.40. The average Bonchev–Trinajstić information content (AvgIpc) is 3.11. The number of ether oxygens (including phenoxy) is 2. The molecule has 2 aromatic carbocycles. The Labute approximate surface area is 158 Å². The van der Waals surface area contributed by atoms with Gasteiger partial charge < -0.3 is 14.6 Å². The van der Waals surface area contributed by atoms with Crippen LogP contribution in [0.5, 0.6) is 17.2 Å². The van der Waals surface area contributed by atoms with Crippen molar-refractivity contribution < 1.29 is 14.6 Å². The minimum absolute atomic E-state index is 0.0932. The van der Waals surface area contributed by atoms with E-state index in [1.807, 2.05) is 47.9 Å². The van der Waals surface area contributed by atoms with Gasteiger partial charge in [0.15, 0.2) is 11.5 Å². The molecule has 0 aliphatic carbocycles. The SMILES string of the molecule is COc1ccc(-c2csc(C=Cc3cc(Br)c(O)c(OC)c3)n2)cc1. The Morgan fingerprint density at radius 1 is 1.08 bits per heavy atom. The third-order valence-corrected chi connectivity index (χ3v) is 5.01. The summed E-state index contributed by atoms with van der Waals surface area (Å²) in [4.78, 5) is 4.63. The third-order valence-electron chi connectivity index (χ3n) is 3.60. The largest absolute Gasteiger partial charge is 0.503 e. The molecule has 128 valence electrons. The molecule has 1 N–H and O–H groups in total. The van der Waals surface area contributed by atoms with Gasteiger partial charge in [0.1, 0.15) is 10.8 Å². The van der Waals surface area contributed by atoms with Crippen LogP contribution in [0, 0.1) is 0 Å². The molecule has 3 rings (SSSR count). The molecule has 0 radical (unpaired) electrons. The van der Waals surface area contributed by atoms with Crippen LogP contribution in [0.4, 0.5) is 0 Å². The first-order valence-corrected chi connectivity index (χ1v) is 9.12. The maximum absolute atomic E-state index is 9.86. The number of nitrogens with zero attached hydrogens (tertiary/aromatic N) is 1. The summed E-state index contributed by atoms with van der Waals surface area (Å²) in [6, 6.07) is 11.4. The summed E-state index contributed by atoms with van der Waals surface area (Å²) in [6.45, 7) is 0. The lowest BCUT2D eigenvalue weighted by Crippen LogP contribution is -1.85. The van der Waals surface area contributed by atoms with Gasteiger partial charge in [0.05, 0.1) is 24.4 Å². The van der Waals surface area contributed by atoms with Crippen LogP contribution in [0.3, 0.4) is 0 Å². The molecule has 1 aromatic heterocycles. The first-order valence-electron chi connectivity index (χ1n) is 7.45. The zero-order valence-corrected chi connectivity index (χ0v) is 16.1. The van der Waals surface area contributed by atoms with E-state index in [0.717, 1.165) is 27.6 Å². The molecule has 0 amide bonds. The van der Waals surface area contributed by atoms with Gasteiger partial charge in [-0.25, -0.2) is 4.98 Å². The molecule has 0 aliphatic heterocycles. The molecule has 0 unspecified atom stereocenters. The molecule has 0 saturated carbocycles. The normalized spacial score (nSPS) is 11.0. The van der Waals surface area contributed by atoms with Crippen molar-refractivity contribution in [3.8, 4) is 28.5 Å². The Morgan fingerprint density at radius 2 is 1.84 bits per heavy atom. The number of hydrogen-bond donors (Lipinski definition) is 1. The summed E-state index contributed by atoms with van der Waals surface area (Å²) in [5.74, 6) is 1.34. The number of thiazole rings is 1. The summed E-state index contributed by atoms with van der Waals surface area (Å²) in [7, 11) is 3.17. The highest BCUT2D eigenvalue weighted by Crippen LogP contribution is 2.35. The summed E-state index contributed by atoms with van der Waals surface area (Å²) < 4.78 is 10.9. The average molecular weight is 418 g/mol. The van der Waals surface area contributed by atoms with E-state index in [1.165, 1.54) is 7.11 Å². The number of phenols is 1. The van der Waals surface area contributed by atoms with Crippen molar-refractivity contribution in [2.75, 3.05) is 14.2 Å². The Morgan fingerprint density at radius 3 is 2.52 bits per heavy atom. The second-order valence-electron chi connectivity index (χ2n) is 5.19. The van der Waals surface area contributed by atoms with Crippen LogP contribution in [-0.2, 0) is 0 Å². The molecule has 1 heterocycles. The van der Waals surface area contributed by atoms with Crippen LogP contribution < -0.4 is 9.47 Å². The molecule has 4 nitrogen and oxygen atoms in total. The minimum atomic E-state index is 0.0932. The Bertz CT molecular complexity index is 904. The highest BCUT2D eigenvalue weighted by Gasteiger charge is 2.07. The fourth-order valence-corrected chi connectivity index (χ4v) is 3.45. The van der Waals surface area contributed by atoms with E-state index in [2.05, 4.69) is 20.9 Å². The molecule has 0 fully saturated rings. The van der Waals surface area contributed by atoms with E-state index >= 15 is 0 Å². The third kappa shape index (κ3) is 4.03. The van der Waals surface area contributed by atoms with E-state index in [1.54, 1.807) is 24.5 Å². The molecule has 0 bridgehead atoms. The minimum Gasteiger partial charge on any atom is -0.503 e. The van der Waals surface area contributed by atoms with E-state index in [-0.39, 0.29) is 5.75 Å². The maximum Gasteiger partial charge on any atom is 0.172 e. The van der Waals surface area contributed by atoms with Crippen molar-refractivity contribution in [1.29, 1.82) is 0 Å². The van der Waals surface area contributed by atoms with Crippen LogP contribution in [0.1, 0.15) is 10.6 Å². The number of benzene rings is 2. The number of aromatic nitrogens is 1. The lowest BCUT2D eigenvalue weighted by molar-refractivity contribution is 0.372. The molecule has 6 heteroatoms. The van der Waals surface area contributed by atoms with Gasteiger partial charge in [-0.2, -0.15) is 0 Å². The number of rotatable bonds is 5. The molecular weight excluding hydrogens is 402 g/mol. The van der Waals surface area contributed by atoms with Gasteiger partial charge in [0.25, 0.3) is 0 Å². The van der Waals surface area contributed by atoms with Crippen LogP contribution in [-0.4, -0.2) is 24.3 Å². The van der Waals surface area contributed by atoms with Gasteiger partial charge in [-0.3, -0.25) is 0 Å². The molecule has 0 aliphatic rings. The van der Waals surface area contributed by atoms with Gasteiger partial charge >= 0.3 is 0 Å². The van der Waals surface area contributed by atoms with Crippen molar-refractivity contribution >= 4 is 39.4 Å². The highest BCUT2D eigenvalue weighted by atomic mass is 79.9. The van der Waals surface area contributed by atoms with Crippen molar-refractivity contribution in [1.82, 2.24) is 4.98 Å². The maximum atomic E-state index is 9.86. The molecule has 0 saturated heterocycles. The predicted octanol–water partition coefficient (Wildman–Crippen LogP) is 5.47. The number of phenolic OH excluding ortho intramolecular Hbond substituents is 1. The number of aromatic hydroxyl groups is 1. The number of hydrogen-bond acceptors (Lipinski definition) is 5. The van der Waals surface area contributed by atoms with E-state index < -0.39 is 0 Å². The van der Waals surface area contributed by atoms with Crippen LogP contribution in [0.2, 0.25) is 0 Å². The van der Waals surface area contributed by atoms with E-state index in [9.17, 15) is 5.11 Å². The predicted molar refractivity (Wildman–Crippen MR) is 105 cm³/mol. The van der Waals surface area contributed by atoms with Gasteiger partial charge in [-0.05, 0) is 64.0 Å². The summed E-state index contributed by atoms with van der Waals surface area (Å²) in [5.41, 5.74) is 2.88. The molecule has 3 aromatic rings. The van der Waals surface area contributed by atoms with Gasteiger partial charge in [0.2, 0.25) is 0 Å². The van der Waals surface area contributed by atoms with Gasteiger partial charge in [-0.15, -0.1) is 11.3 Å². The second kappa shape index (κ2) is 7.72. The van der Waals surface area contributed by atoms with Crippen molar-refractivity contribution in [2.24, 2.45) is 0 Å². The van der Waals surface area contributed by atoms with Crippen molar-refractivity contribution in [2.45, 2.75) is 0 Å². The first-order chi connectivity index (χ1) is 12.1. The lowest BCUT2D eigenvalue weighted by Gasteiger charge is -2.06. The monoisotopic (exact) mass is 417 g/mol. The van der Waals surface area contributed by atoms with Crippen molar-refractivity contribution in [3.63, 3.8) is 0 Å². The van der Waals surface area contributed by atoms with Crippen LogP contribution in [0.15, 0.2) is 46.3 Å². The van der Waals surface area contributed by atoms with Gasteiger partial charge in [0, 0.05) is 10.9 Å². The zero-order chi connectivity index (χ0) is 17.8. The second-order valence-corrected chi connectivity index (χ2v) is 6.93. The van der Waals surface area contributed by atoms with Gasteiger partial charge in [-0.1, -0.05) is 6.08 Å². The molecule has 25 heavy (non-hydrogen) atoms. The molecular formula is C19H16BrNO3S. The Balaban J connectivity index is 1.81. The zero-order valence-electron chi connectivity index (χ0n) is 13.7. The first kappa shape index (κ1) is 17.5. The fraction of sp³-hybridized carbons (Fsp3) is 0.105. The lowest BCUT2D eigenvalue weighted by atomic mass is 10.1. The summed E-state index contributed by atoms with van der Waals surface area (Å²) >= 11 is 4.89. The summed E-state index contributed by atoms with van der Waals surface area (Å²) in [6.07, 6.45) is 3.87. The molecule has 0 spiro atoms. The quantitative estimate of drug-likeness (QED) is 0.598. The molecule has 0 atom stereocenters.